The molecule has 0 aromatic heterocycles. The highest BCUT2D eigenvalue weighted by molar-refractivity contribution is 5.96. The minimum Gasteiger partial charge on any atom is -0.495 e. The molecule has 0 bridgehead atoms. The summed E-state index contributed by atoms with van der Waals surface area (Å²) < 4.78 is 5.12. The summed E-state index contributed by atoms with van der Waals surface area (Å²) in [4.78, 5) is 22.9. The van der Waals surface area contributed by atoms with Crippen molar-refractivity contribution in [2.45, 2.75) is 12.8 Å². The van der Waals surface area contributed by atoms with Gasteiger partial charge in [-0.2, -0.15) is 0 Å². The lowest BCUT2D eigenvalue weighted by molar-refractivity contribution is -0.119. The van der Waals surface area contributed by atoms with Crippen LogP contribution >= 0.6 is 0 Å². The van der Waals surface area contributed by atoms with Gasteiger partial charge in [-0.1, -0.05) is 12.2 Å². The van der Waals surface area contributed by atoms with Crippen LogP contribution in [0.4, 0.5) is 5.69 Å². The summed E-state index contributed by atoms with van der Waals surface area (Å²) in [6, 6.07) is 4.38. The topological polar surface area (TPSA) is 75.6 Å². The van der Waals surface area contributed by atoms with Gasteiger partial charge in [-0.3, -0.25) is 4.79 Å². The largest absolute Gasteiger partial charge is 0.495 e. The minimum absolute atomic E-state index is 0.0850. The van der Waals surface area contributed by atoms with Gasteiger partial charge >= 0.3 is 5.97 Å². The summed E-state index contributed by atoms with van der Waals surface area (Å²) in [7, 11) is 1.47. The summed E-state index contributed by atoms with van der Waals surface area (Å²) >= 11 is 0. The van der Waals surface area contributed by atoms with Gasteiger partial charge in [-0.05, 0) is 31.0 Å². The molecule has 2 N–H and O–H groups in total. The van der Waals surface area contributed by atoms with E-state index in [9.17, 15) is 9.59 Å². The number of methoxy groups -OCH3 is 1. The highest BCUT2D eigenvalue weighted by Gasteiger charge is 2.20. The number of carboxylic acids is 1. The maximum Gasteiger partial charge on any atom is 0.335 e. The van der Waals surface area contributed by atoms with Crippen molar-refractivity contribution < 1.29 is 19.4 Å². The average molecular weight is 261 g/mol. The summed E-state index contributed by atoms with van der Waals surface area (Å²) in [5.74, 6) is -0.797. The molecule has 1 amide bonds. The fourth-order valence-corrected chi connectivity index (χ4v) is 2.00. The number of anilines is 1. The second-order valence-corrected chi connectivity index (χ2v) is 4.35. The third kappa shape index (κ3) is 2.93. The van der Waals surface area contributed by atoms with Gasteiger partial charge in [0.15, 0.2) is 0 Å². The predicted molar refractivity (Wildman–Crippen MR) is 70.4 cm³/mol. The smallest absolute Gasteiger partial charge is 0.335 e. The molecule has 1 aromatic carbocycles. The van der Waals surface area contributed by atoms with Crippen molar-refractivity contribution >= 4 is 17.6 Å². The Morgan fingerprint density at radius 3 is 2.58 bits per heavy atom. The number of rotatable bonds is 4. The molecule has 5 nitrogen and oxygen atoms in total. The monoisotopic (exact) mass is 261 g/mol. The minimum atomic E-state index is -1.04. The van der Waals surface area contributed by atoms with Crippen molar-refractivity contribution in [1.82, 2.24) is 0 Å². The number of aromatic carboxylic acids is 1. The fourth-order valence-electron chi connectivity index (χ4n) is 2.00. The molecular weight excluding hydrogens is 246 g/mol. The number of carbonyl (C=O) groups is 2. The van der Waals surface area contributed by atoms with E-state index in [1.54, 1.807) is 0 Å². The number of ether oxygens (including phenoxy) is 1. The zero-order chi connectivity index (χ0) is 13.8. The van der Waals surface area contributed by atoms with Gasteiger partial charge in [0.2, 0.25) is 5.91 Å². The first-order valence-electron chi connectivity index (χ1n) is 5.99. The summed E-state index contributed by atoms with van der Waals surface area (Å²) in [5, 5.41) is 11.7. The summed E-state index contributed by atoms with van der Waals surface area (Å²) in [6.07, 6.45) is 5.36. The molecule has 1 aliphatic carbocycles. The third-order valence-electron chi connectivity index (χ3n) is 3.08. The number of hydrogen-bond acceptors (Lipinski definition) is 3. The lowest BCUT2D eigenvalue weighted by atomic mass is 10.1. The Labute approximate surface area is 110 Å². The highest BCUT2D eigenvalue weighted by atomic mass is 16.5. The molecule has 19 heavy (non-hydrogen) atoms. The second-order valence-electron chi connectivity index (χ2n) is 4.35. The van der Waals surface area contributed by atoms with E-state index in [4.69, 9.17) is 9.84 Å². The number of allylic oxidation sites excluding steroid dienone is 2. The molecule has 0 atom stereocenters. The first-order chi connectivity index (χ1) is 9.11. The second kappa shape index (κ2) is 5.56. The highest BCUT2D eigenvalue weighted by Crippen LogP contribution is 2.27. The molecular formula is C14H15NO4. The van der Waals surface area contributed by atoms with Crippen LogP contribution in [0.5, 0.6) is 5.75 Å². The van der Waals surface area contributed by atoms with Crippen molar-refractivity contribution in [3.05, 3.63) is 35.9 Å². The van der Waals surface area contributed by atoms with Crippen molar-refractivity contribution in [2.75, 3.05) is 12.4 Å². The first-order valence-corrected chi connectivity index (χ1v) is 5.99. The summed E-state index contributed by atoms with van der Waals surface area (Å²) in [6.45, 7) is 0. The van der Waals surface area contributed by atoms with Crippen molar-refractivity contribution in [3.63, 3.8) is 0 Å². The van der Waals surface area contributed by atoms with Crippen LogP contribution in [0.3, 0.4) is 0 Å². The molecule has 1 aromatic rings. The molecule has 2 rings (SSSR count). The molecule has 0 aliphatic heterocycles. The Hall–Kier alpha value is -2.30. The SMILES string of the molecule is COc1ccc(C(=O)O)cc1NC(=O)C1CC=CC1. The molecule has 100 valence electrons. The predicted octanol–water partition coefficient (Wildman–Crippen LogP) is 2.30. The van der Waals surface area contributed by atoms with Crippen LogP contribution in [0.25, 0.3) is 0 Å². The van der Waals surface area contributed by atoms with Crippen molar-refractivity contribution in [2.24, 2.45) is 5.92 Å². The third-order valence-corrected chi connectivity index (χ3v) is 3.08. The van der Waals surface area contributed by atoms with Crippen LogP contribution in [0.2, 0.25) is 0 Å². The maximum atomic E-state index is 12.0. The number of benzene rings is 1. The van der Waals surface area contributed by atoms with E-state index in [0.29, 0.717) is 24.3 Å². The van der Waals surface area contributed by atoms with Crippen LogP contribution in [0, 0.1) is 5.92 Å². The first kappa shape index (κ1) is 13.1. The lowest BCUT2D eigenvalue weighted by Crippen LogP contribution is -2.21. The molecule has 0 unspecified atom stereocenters. The number of carbonyl (C=O) groups excluding carboxylic acids is 1. The van der Waals surface area contributed by atoms with Gasteiger partial charge < -0.3 is 15.2 Å². The zero-order valence-electron chi connectivity index (χ0n) is 10.6. The molecule has 5 heteroatoms. The number of amides is 1. The number of carboxylic acid groups (broad SMARTS) is 1. The number of nitrogens with one attached hydrogen (secondary N) is 1. The Balaban J connectivity index is 2.19. The Morgan fingerprint density at radius 2 is 2.00 bits per heavy atom. The van der Waals surface area contributed by atoms with Crippen molar-refractivity contribution in [3.8, 4) is 5.75 Å². The number of hydrogen-bond donors (Lipinski definition) is 2. The molecule has 0 heterocycles. The van der Waals surface area contributed by atoms with Crippen LogP contribution in [-0.4, -0.2) is 24.1 Å². The van der Waals surface area contributed by atoms with Gasteiger partial charge in [-0.25, -0.2) is 4.79 Å². The van der Waals surface area contributed by atoms with E-state index in [2.05, 4.69) is 5.32 Å². The van der Waals surface area contributed by atoms with Gasteiger partial charge in [0.25, 0.3) is 0 Å². The fraction of sp³-hybridized carbons (Fsp3) is 0.286. The van der Waals surface area contributed by atoms with E-state index in [1.165, 1.54) is 25.3 Å². The van der Waals surface area contributed by atoms with E-state index in [0.717, 1.165) is 0 Å². The molecule has 0 spiro atoms. The van der Waals surface area contributed by atoms with E-state index >= 15 is 0 Å². The molecule has 1 aliphatic rings. The van der Waals surface area contributed by atoms with E-state index in [-0.39, 0.29) is 17.4 Å². The molecule has 0 fully saturated rings. The quantitative estimate of drug-likeness (QED) is 0.815. The van der Waals surface area contributed by atoms with E-state index in [1.807, 2.05) is 12.2 Å². The Kier molecular flexibility index (Phi) is 3.85. The van der Waals surface area contributed by atoms with Crippen LogP contribution in [0.15, 0.2) is 30.4 Å². The lowest BCUT2D eigenvalue weighted by Gasteiger charge is -2.14. The zero-order valence-corrected chi connectivity index (χ0v) is 10.6. The average Bonchev–Trinajstić information content (AvgIpc) is 2.92. The van der Waals surface area contributed by atoms with E-state index < -0.39 is 5.97 Å². The van der Waals surface area contributed by atoms with Crippen LogP contribution < -0.4 is 10.1 Å². The standard InChI is InChI=1S/C14H15NO4/c1-19-12-7-6-10(14(17)18)8-11(12)15-13(16)9-4-2-3-5-9/h2-3,6-9H,4-5H2,1H3,(H,15,16)(H,17,18). The Bertz CT molecular complexity index is 528. The molecule has 0 saturated heterocycles. The van der Waals surface area contributed by atoms with Crippen molar-refractivity contribution in [1.29, 1.82) is 0 Å². The van der Waals surface area contributed by atoms with Gasteiger partial charge in [-0.15, -0.1) is 0 Å². The van der Waals surface area contributed by atoms with Gasteiger partial charge in [0.1, 0.15) is 5.75 Å². The van der Waals surface area contributed by atoms with Gasteiger partial charge in [0.05, 0.1) is 18.4 Å². The summed E-state index contributed by atoms with van der Waals surface area (Å²) in [5.41, 5.74) is 0.500. The van der Waals surface area contributed by atoms with Gasteiger partial charge in [0, 0.05) is 5.92 Å². The normalized spacial score (nSPS) is 14.4. The van der Waals surface area contributed by atoms with Crippen LogP contribution in [0.1, 0.15) is 23.2 Å². The van der Waals surface area contributed by atoms with Crippen LogP contribution in [-0.2, 0) is 4.79 Å². The molecule has 0 saturated carbocycles. The Morgan fingerprint density at radius 1 is 1.32 bits per heavy atom. The maximum absolute atomic E-state index is 12.0. The molecule has 0 radical (unpaired) electrons.